The summed E-state index contributed by atoms with van der Waals surface area (Å²) in [5, 5.41) is 0. The smallest absolute Gasteiger partial charge is 0.0874 e. The second-order valence-electron chi connectivity index (χ2n) is 5.33. The molecule has 2 rings (SSSR count). The van der Waals surface area contributed by atoms with Crippen molar-refractivity contribution in [2.24, 2.45) is 5.73 Å². The lowest BCUT2D eigenvalue weighted by molar-refractivity contribution is -0.0831. The maximum Gasteiger partial charge on any atom is 0.0874 e. The molecule has 3 nitrogen and oxygen atoms in total. The van der Waals surface area contributed by atoms with Gasteiger partial charge in [-0.25, -0.2) is 0 Å². The standard InChI is InChI=1S/C15H24N2O/c1-3-18-15(7-5-4-6-8-15)14(16)13-9-12(2)10-17-11-13/h9-11,14H,3-8,16H2,1-2H3. The van der Waals surface area contributed by atoms with Crippen LogP contribution in [0.25, 0.3) is 0 Å². The number of ether oxygens (including phenoxy) is 1. The molecule has 100 valence electrons. The topological polar surface area (TPSA) is 48.1 Å². The minimum Gasteiger partial charge on any atom is -0.373 e. The Morgan fingerprint density at radius 2 is 2.06 bits per heavy atom. The summed E-state index contributed by atoms with van der Waals surface area (Å²) in [5.74, 6) is 0. The number of nitrogens with two attached hydrogens (primary N) is 1. The van der Waals surface area contributed by atoms with Crippen LogP contribution in [0.3, 0.4) is 0 Å². The fourth-order valence-electron chi connectivity index (χ4n) is 3.03. The number of nitrogens with zero attached hydrogens (tertiary/aromatic N) is 1. The van der Waals surface area contributed by atoms with Gasteiger partial charge in [0.2, 0.25) is 0 Å². The second kappa shape index (κ2) is 5.81. The first-order valence-corrected chi connectivity index (χ1v) is 6.99. The largest absolute Gasteiger partial charge is 0.373 e. The zero-order valence-electron chi connectivity index (χ0n) is 11.5. The molecule has 1 aliphatic rings. The fourth-order valence-corrected chi connectivity index (χ4v) is 3.03. The van der Waals surface area contributed by atoms with Crippen LogP contribution in [-0.4, -0.2) is 17.2 Å². The van der Waals surface area contributed by atoms with E-state index in [2.05, 4.69) is 24.9 Å². The molecule has 0 bridgehead atoms. The highest BCUT2D eigenvalue weighted by Gasteiger charge is 2.39. The zero-order chi connectivity index (χ0) is 13.0. The van der Waals surface area contributed by atoms with E-state index in [-0.39, 0.29) is 11.6 Å². The van der Waals surface area contributed by atoms with Gasteiger partial charge >= 0.3 is 0 Å². The van der Waals surface area contributed by atoms with Gasteiger partial charge in [-0.15, -0.1) is 0 Å². The van der Waals surface area contributed by atoms with Crippen molar-refractivity contribution in [3.63, 3.8) is 0 Å². The monoisotopic (exact) mass is 248 g/mol. The second-order valence-corrected chi connectivity index (χ2v) is 5.33. The highest BCUT2D eigenvalue weighted by molar-refractivity contribution is 5.23. The van der Waals surface area contributed by atoms with E-state index in [1.807, 2.05) is 12.4 Å². The van der Waals surface area contributed by atoms with Crippen molar-refractivity contribution in [1.29, 1.82) is 0 Å². The Labute approximate surface area is 110 Å². The molecule has 2 N–H and O–H groups in total. The molecule has 1 fully saturated rings. The molecule has 1 aromatic rings. The van der Waals surface area contributed by atoms with Crippen molar-refractivity contribution in [3.05, 3.63) is 29.6 Å². The van der Waals surface area contributed by atoms with Crippen molar-refractivity contribution in [2.45, 2.75) is 57.6 Å². The average Bonchev–Trinajstić information content (AvgIpc) is 2.39. The number of aromatic nitrogens is 1. The van der Waals surface area contributed by atoms with Crippen LogP contribution in [-0.2, 0) is 4.74 Å². The van der Waals surface area contributed by atoms with Gasteiger partial charge in [0.15, 0.2) is 0 Å². The van der Waals surface area contributed by atoms with Gasteiger partial charge in [-0.05, 0) is 37.8 Å². The van der Waals surface area contributed by atoms with Crippen molar-refractivity contribution < 1.29 is 4.74 Å². The maximum atomic E-state index is 6.49. The molecule has 0 spiro atoms. The first-order valence-electron chi connectivity index (χ1n) is 6.99. The van der Waals surface area contributed by atoms with Gasteiger partial charge in [0.1, 0.15) is 0 Å². The SMILES string of the molecule is CCOC1(C(N)c2cncc(C)c2)CCCCC1. The Morgan fingerprint density at radius 3 is 2.67 bits per heavy atom. The third-order valence-corrected chi connectivity index (χ3v) is 3.95. The number of pyridine rings is 1. The molecule has 1 atom stereocenters. The van der Waals surface area contributed by atoms with E-state index < -0.39 is 0 Å². The minimum absolute atomic E-state index is 0.0647. The van der Waals surface area contributed by atoms with Crippen LogP contribution in [0.1, 0.15) is 56.2 Å². The predicted molar refractivity (Wildman–Crippen MR) is 73.3 cm³/mol. The highest BCUT2D eigenvalue weighted by atomic mass is 16.5. The van der Waals surface area contributed by atoms with Gasteiger partial charge in [-0.1, -0.05) is 25.3 Å². The Hall–Kier alpha value is -0.930. The molecular weight excluding hydrogens is 224 g/mol. The van der Waals surface area contributed by atoms with Crippen LogP contribution < -0.4 is 5.73 Å². The molecule has 0 saturated heterocycles. The van der Waals surface area contributed by atoms with Crippen LogP contribution >= 0.6 is 0 Å². The Bertz CT molecular complexity index is 380. The van der Waals surface area contributed by atoms with E-state index >= 15 is 0 Å². The zero-order valence-corrected chi connectivity index (χ0v) is 11.5. The Balaban J connectivity index is 2.24. The molecule has 1 saturated carbocycles. The lowest BCUT2D eigenvalue weighted by Gasteiger charge is -2.41. The summed E-state index contributed by atoms with van der Waals surface area (Å²) < 4.78 is 6.07. The highest BCUT2D eigenvalue weighted by Crippen LogP contribution is 2.40. The molecule has 0 aliphatic heterocycles. The quantitative estimate of drug-likeness (QED) is 0.890. The van der Waals surface area contributed by atoms with Gasteiger partial charge in [0.05, 0.1) is 11.6 Å². The predicted octanol–water partition coefficient (Wildman–Crippen LogP) is 3.13. The average molecular weight is 248 g/mol. The van der Waals surface area contributed by atoms with Crippen LogP contribution in [0, 0.1) is 6.92 Å². The molecule has 1 unspecified atom stereocenters. The first-order chi connectivity index (χ1) is 8.68. The van der Waals surface area contributed by atoms with Gasteiger partial charge in [0, 0.05) is 19.0 Å². The Kier molecular flexibility index (Phi) is 4.36. The van der Waals surface area contributed by atoms with Gasteiger partial charge < -0.3 is 10.5 Å². The summed E-state index contributed by atoms with van der Waals surface area (Å²) in [4.78, 5) is 4.26. The number of rotatable bonds is 4. The van der Waals surface area contributed by atoms with E-state index in [9.17, 15) is 0 Å². The van der Waals surface area contributed by atoms with Crippen LogP contribution in [0.15, 0.2) is 18.5 Å². The Morgan fingerprint density at radius 1 is 1.33 bits per heavy atom. The van der Waals surface area contributed by atoms with E-state index in [1.165, 1.54) is 19.3 Å². The summed E-state index contributed by atoms with van der Waals surface area (Å²) in [5.41, 5.74) is 8.58. The normalized spacial score (nSPS) is 20.6. The van der Waals surface area contributed by atoms with Crippen LogP contribution in [0.2, 0.25) is 0 Å². The number of hydrogen-bond acceptors (Lipinski definition) is 3. The summed E-state index contributed by atoms with van der Waals surface area (Å²) in [7, 11) is 0. The molecule has 3 heteroatoms. The molecule has 0 aromatic carbocycles. The van der Waals surface area contributed by atoms with Crippen molar-refractivity contribution in [1.82, 2.24) is 4.98 Å². The van der Waals surface area contributed by atoms with Crippen LogP contribution in [0.4, 0.5) is 0 Å². The van der Waals surface area contributed by atoms with Crippen molar-refractivity contribution >= 4 is 0 Å². The first kappa shape index (κ1) is 13.5. The molecule has 0 radical (unpaired) electrons. The van der Waals surface area contributed by atoms with Crippen LogP contribution in [0.5, 0.6) is 0 Å². The van der Waals surface area contributed by atoms with E-state index in [0.29, 0.717) is 0 Å². The third kappa shape index (κ3) is 2.73. The molecule has 1 aliphatic carbocycles. The maximum absolute atomic E-state index is 6.49. The summed E-state index contributed by atoms with van der Waals surface area (Å²) >= 11 is 0. The number of hydrogen-bond donors (Lipinski definition) is 1. The summed E-state index contributed by atoms with van der Waals surface area (Å²) in [6.45, 7) is 4.84. The van der Waals surface area contributed by atoms with E-state index in [1.54, 1.807) is 0 Å². The fraction of sp³-hybridized carbons (Fsp3) is 0.667. The lowest BCUT2D eigenvalue weighted by Crippen LogP contribution is -2.45. The molecule has 18 heavy (non-hydrogen) atoms. The molecule has 1 heterocycles. The van der Waals surface area contributed by atoms with Gasteiger partial charge in [-0.3, -0.25) is 4.98 Å². The minimum atomic E-state index is -0.178. The summed E-state index contributed by atoms with van der Waals surface area (Å²) in [6, 6.07) is 2.07. The van der Waals surface area contributed by atoms with Gasteiger partial charge in [-0.2, -0.15) is 0 Å². The lowest BCUT2D eigenvalue weighted by atomic mass is 9.77. The molecule has 0 amide bonds. The molecular formula is C15H24N2O. The molecule has 1 aromatic heterocycles. The van der Waals surface area contributed by atoms with E-state index in [4.69, 9.17) is 10.5 Å². The van der Waals surface area contributed by atoms with Crippen molar-refractivity contribution in [2.75, 3.05) is 6.61 Å². The van der Waals surface area contributed by atoms with E-state index in [0.717, 1.165) is 30.6 Å². The van der Waals surface area contributed by atoms with Crippen molar-refractivity contribution in [3.8, 4) is 0 Å². The third-order valence-electron chi connectivity index (χ3n) is 3.95. The summed E-state index contributed by atoms with van der Waals surface area (Å²) in [6.07, 6.45) is 9.61. The number of aryl methyl sites for hydroxylation is 1. The van der Waals surface area contributed by atoms with Gasteiger partial charge in [0.25, 0.3) is 0 Å².